The van der Waals surface area contributed by atoms with Gasteiger partial charge in [0.25, 0.3) is 0 Å². The number of nitrogens with zero attached hydrogens (tertiary/aromatic N) is 1. The molecule has 0 heterocycles. The van der Waals surface area contributed by atoms with E-state index in [4.69, 9.17) is 5.73 Å². The first-order valence-electron chi connectivity index (χ1n) is 6.06. The fraction of sp³-hybridized carbons (Fsp3) is 0.750. The van der Waals surface area contributed by atoms with Crippen LogP contribution in [-0.2, 0) is 4.79 Å². The summed E-state index contributed by atoms with van der Waals surface area (Å²) in [6.45, 7) is 2.68. The summed E-state index contributed by atoms with van der Waals surface area (Å²) >= 11 is 0. The largest absolute Gasteiger partial charge is 0.406 e. The van der Waals surface area contributed by atoms with Crippen LogP contribution in [-0.4, -0.2) is 36.6 Å². The lowest BCUT2D eigenvalue weighted by Gasteiger charge is -2.22. The molecule has 0 saturated heterocycles. The minimum Gasteiger partial charge on any atom is -0.330 e. The highest BCUT2D eigenvalue weighted by Crippen LogP contribution is 2.17. The first-order valence-corrected chi connectivity index (χ1v) is 6.06. The normalized spacial score (nSPS) is 11.3. The van der Waals surface area contributed by atoms with Gasteiger partial charge in [0, 0.05) is 13.0 Å². The maximum Gasteiger partial charge on any atom is 0.406 e. The van der Waals surface area contributed by atoms with Gasteiger partial charge >= 0.3 is 6.18 Å². The van der Waals surface area contributed by atoms with E-state index >= 15 is 0 Å². The second kappa shape index (κ2) is 8.97. The average molecular weight is 266 g/mol. The lowest BCUT2D eigenvalue weighted by atomic mass is 10.1. The summed E-state index contributed by atoms with van der Waals surface area (Å²) in [5.74, 6) is -0.472. The van der Waals surface area contributed by atoms with E-state index in [1.807, 2.05) is 0 Å². The summed E-state index contributed by atoms with van der Waals surface area (Å²) in [5.41, 5.74) is 5.32. The Hall–Kier alpha value is -1.04. The van der Waals surface area contributed by atoms with Crippen molar-refractivity contribution in [3.8, 4) is 0 Å². The van der Waals surface area contributed by atoms with Crippen LogP contribution in [0.4, 0.5) is 13.2 Å². The Morgan fingerprint density at radius 2 is 1.83 bits per heavy atom. The SMILES string of the molecule is C=CCN(CC(F)(F)F)C(=O)CCCCCCN. The van der Waals surface area contributed by atoms with Crippen molar-refractivity contribution in [1.82, 2.24) is 4.90 Å². The Morgan fingerprint density at radius 3 is 2.33 bits per heavy atom. The molecule has 0 aromatic rings. The van der Waals surface area contributed by atoms with Crippen LogP contribution in [0, 0.1) is 0 Å². The molecule has 2 N–H and O–H groups in total. The third-order valence-electron chi connectivity index (χ3n) is 2.42. The van der Waals surface area contributed by atoms with Gasteiger partial charge in [-0.05, 0) is 19.4 Å². The molecule has 0 aliphatic heterocycles. The van der Waals surface area contributed by atoms with Crippen molar-refractivity contribution in [2.45, 2.75) is 38.3 Å². The van der Waals surface area contributed by atoms with E-state index in [0.717, 1.165) is 24.2 Å². The predicted octanol–water partition coefficient (Wildman–Crippen LogP) is 2.47. The molecule has 18 heavy (non-hydrogen) atoms. The van der Waals surface area contributed by atoms with Gasteiger partial charge in [-0.2, -0.15) is 13.2 Å². The topological polar surface area (TPSA) is 46.3 Å². The molecule has 0 aliphatic rings. The van der Waals surface area contributed by atoms with Crippen molar-refractivity contribution >= 4 is 5.91 Å². The quantitative estimate of drug-likeness (QED) is 0.515. The van der Waals surface area contributed by atoms with E-state index < -0.39 is 18.6 Å². The summed E-state index contributed by atoms with van der Waals surface area (Å²) < 4.78 is 36.7. The fourth-order valence-corrected chi connectivity index (χ4v) is 1.56. The van der Waals surface area contributed by atoms with Crippen LogP contribution in [0.5, 0.6) is 0 Å². The molecule has 0 spiro atoms. The lowest BCUT2D eigenvalue weighted by Crippen LogP contribution is -2.38. The summed E-state index contributed by atoms with van der Waals surface area (Å²) in [7, 11) is 0. The van der Waals surface area contributed by atoms with Crippen LogP contribution >= 0.6 is 0 Å². The Bertz CT molecular complexity index is 254. The number of alkyl halides is 3. The number of unbranched alkanes of at least 4 members (excludes halogenated alkanes) is 3. The molecule has 0 radical (unpaired) electrons. The van der Waals surface area contributed by atoms with Gasteiger partial charge in [-0.1, -0.05) is 18.9 Å². The van der Waals surface area contributed by atoms with Gasteiger partial charge in [0.2, 0.25) is 5.91 Å². The van der Waals surface area contributed by atoms with E-state index in [-0.39, 0.29) is 13.0 Å². The predicted molar refractivity (Wildman–Crippen MR) is 65.0 cm³/mol. The summed E-state index contributed by atoms with van der Waals surface area (Å²) in [6, 6.07) is 0. The zero-order chi connectivity index (χ0) is 14.0. The molecule has 0 rings (SSSR count). The summed E-state index contributed by atoms with van der Waals surface area (Å²) in [4.78, 5) is 12.4. The second-order valence-corrected chi connectivity index (χ2v) is 4.13. The first kappa shape index (κ1) is 17.0. The molecule has 0 atom stereocenters. The smallest absolute Gasteiger partial charge is 0.330 e. The highest BCUT2D eigenvalue weighted by atomic mass is 19.4. The van der Waals surface area contributed by atoms with Gasteiger partial charge in [0.05, 0.1) is 0 Å². The molecule has 3 nitrogen and oxygen atoms in total. The standard InChI is InChI=1S/C12H21F3N2O/c1-2-9-17(10-12(13,14)15)11(18)7-5-3-4-6-8-16/h2H,1,3-10,16H2. The highest BCUT2D eigenvalue weighted by molar-refractivity contribution is 5.76. The number of carbonyl (C=O) groups is 1. The van der Waals surface area contributed by atoms with Crippen LogP contribution in [0.1, 0.15) is 32.1 Å². The Balaban J connectivity index is 4.02. The zero-order valence-electron chi connectivity index (χ0n) is 10.5. The third-order valence-corrected chi connectivity index (χ3v) is 2.42. The van der Waals surface area contributed by atoms with Crippen molar-refractivity contribution in [2.24, 2.45) is 5.73 Å². The van der Waals surface area contributed by atoms with E-state index in [0.29, 0.717) is 13.0 Å². The lowest BCUT2D eigenvalue weighted by molar-refractivity contribution is -0.160. The van der Waals surface area contributed by atoms with Crippen molar-refractivity contribution < 1.29 is 18.0 Å². The Kier molecular flexibility index (Phi) is 8.45. The molecule has 0 fully saturated rings. The van der Waals surface area contributed by atoms with E-state index in [1.54, 1.807) is 0 Å². The molecular weight excluding hydrogens is 245 g/mol. The molecule has 106 valence electrons. The van der Waals surface area contributed by atoms with Crippen LogP contribution < -0.4 is 5.73 Å². The van der Waals surface area contributed by atoms with Gasteiger partial charge < -0.3 is 10.6 Å². The molecule has 1 amide bonds. The number of rotatable bonds is 9. The molecule has 0 aliphatic carbocycles. The maximum absolute atomic E-state index is 12.2. The van der Waals surface area contributed by atoms with Gasteiger partial charge in [-0.15, -0.1) is 6.58 Å². The van der Waals surface area contributed by atoms with Gasteiger partial charge in [0.1, 0.15) is 6.54 Å². The fourth-order valence-electron chi connectivity index (χ4n) is 1.56. The van der Waals surface area contributed by atoms with Crippen LogP contribution in [0.15, 0.2) is 12.7 Å². The van der Waals surface area contributed by atoms with Gasteiger partial charge in [0.15, 0.2) is 0 Å². The van der Waals surface area contributed by atoms with Gasteiger partial charge in [-0.25, -0.2) is 0 Å². The maximum atomic E-state index is 12.2. The van der Waals surface area contributed by atoms with E-state index in [2.05, 4.69) is 6.58 Å². The molecular formula is C12H21F3N2O. The molecule has 6 heteroatoms. The number of amides is 1. The Labute approximate surface area is 106 Å². The Morgan fingerprint density at radius 1 is 1.22 bits per heavy atom. The highest BCUT2D eigenvalue weighted by Gasteiger charge is 2.32. The third kappa shape index (κ3) is 9.04. The first-order chi connectivity index (χ1) is 8.40. The van der Waals surface area contributed by atoms with E-state index in [9.17, 15) is 18.0 Å². The molecule has 0 bridgehead atoms. The number of hydrogen-bond donors (Lipinski definition) is 1. The second-order valence-electron chi connectivity index (χ2n) is 4.13. The van der Waals surface area contributed by atoms with Crippen molar-refractivity contribution in [3.63, 3.8) is 0 Å². The van der Waals surface area contributed by atoms with Crippen LogP contribution in [0.2, 0.25) is 0 Å². The van der Waals surface area contributed by atoms with Crippen molar-refractivity contribution in [1.29, 1.82) is 0 Å². The number of carbonyl (C=O) groups excluding carboxylic acids is 1. The number of hydrogen-bond acceptors (Lipinski definition) is 2. The molecule has 0 saturated carbocycles. The molecule has 0 aromatic heterocycles. The monoisotopic (exact) mass is 266 g/mol. The average Bonchev–Trinajstić information content (AvgIpc) is 2.26. The number of halogens is 3. The van der Waals surface area contributed by atoms with Gasteiger partial charge in [-0.3, -0.25) is 4.79 Å². The van der Waals surface area contributed by atoms with Crippen LogP contribution in [0.25, 0.3) is 0 Å². The summed E-state index contributed by atoms with van der Waals surface area (Å²) in [6.07, 6.45) is 0.295. The number of nitrogens with two attached hydrogens (primary N) is 1. The van der Waals surface area contributed by atoms with Crippen molar-refractivity contribution in [3.05, 3.63) is 12.7 Å². The molecule has 0 unspecified atom stereocenters. The minimum absolute atomic E-state index is 0.0683. The summed E-state index contributed by atoms with van der Waals surface area (Å²) in [5, 5.41) is 0. The van der Waals surface area contributed by atoms with Crippen LogP contribution in [0.3, 0.4) is 0 Å². The molecule has 0 aromatic carbocycles. The van der Waals surface area contributed by atoms with Crippen molar-refractivity contribution in [2.75, 3.05) is 19.6 Å². The zero-order valence-corrected chi connectivity index (χ0v) is 10.5. The van der Waals surface area contributed by atoms with E-state index in [1.165, 1.54) is 6.08 Å². The minimum atomic E-state index is -4.36.